The Bertz CT molecular complexity index is 658. The van der Waals surface area contributed by atoms with Gasteiger partial charge in [-0.1, -0.05) is 11.8 Å². The number of thioether (sulfide) groups is 1. The summed E-state index contributed by atoms with van der Waals surface area (Å²) in [7, 11) is 0. The molecule has 2 rings (SSSR count). The topological polar surface area (TPSA) is 76.9 Å². The summed E-state index contributed by atoms with van der Waals surface area (Å²) in [5.74, 6) is 0. The fourth-order valence-electron chi connectivity index (χ4n) is 1.42. The van der Waals surface area contributed by atoms with Crippen molar-refractivity contribution >= 4 is 65.4 Å². The smallest absolute Gasteiger partial charge is 0.183 e. The number of aromatic amines is 1. The average Bonchev–Trinajstić information content (AvgIpc) is 2.82. The number of hydrogen-bond donors (Lipinski definition) is 2. The molecule has 92 valence electrons. The fraction of sp³-hybridized carbons (Fsp3) is 0.100. The molecule has 1 heterocycles. The minimum absolute atomic E-state index is 0.531. The van der Waals surface area contributed by atoms with E-state index in [9.17, 15) is 0 Å². The molecular weight excluding hydrogens is 382 g/mol. The lowest BCUT2D eigenvalue weighted by Gasteiger charge is -2.05. The summed E-state index contributed by atoms with van der Waals surface area (Å²) < 4.78 is 1.73. The Morgan fingerprint density at radius 2 is 2.33 bits per heavy atom. The molecule has 2 aromatic rings. The third-order valence-electron chi connectivity index (χ3n) is 2.18. The predicted octanol–water partition coefficient (Wildman–Crippen LogP) is 3.51. The molecule has 0 unspecified atom stereocenters. The molecule has 0 bridgehead atoms. The highest BCUT2D eigenvalue weighted by Gasteiger charge is 2.11. The zero-order chi connectivity index (χ0) is 13.1. The second-order valence-corrected chi connectivity index (χ2v) is 5.71. The SMILES string of the molecule is CSC(=Nc1c(Br)cc(Br)c2[nH]ncc12)NC#N. The van der Waals surface area contributed by atoms with Crippen LogP contribution in [0.25, 0.3) is 10.9 Å². The van der Waals surface area contributed by atoms with Gasteiger partial charge >= 0.3 is 0 Å². The van der Waals surface area contributed by atoms with E-state index in [1.807, 2.05) is 18.5 Å². The molecular formula is C10H7Br2N5S. The van der Waals surface area contributed by atoms with E-state index in [0.29, 0.717) is 5.17 Å². The summed E-state index contributed by atoms with van der Waals surface area (Å²) in [5, 5.41) is 19.5. The van der Waals surface area contributed by atoms with Crippen molar-refractivity contribution in [3.63, 3.8) is 0 Å². The number of rotatable bonds is 1. The van der Waals surface area contributed by atoms with Gasteiger partial charge in [-0.15, -0.1) is 0 Å². The molecule has 8 heteroatoms. The highest BCUT2D eigenvalue weighted by atomic mass is 79.9. The van der Waals surface area contributed by atoms with Gasteiger partial charge in [0.25, 0.3) is 0 Å². The van der Waals surface area contributed by atoms with Crippen molar-refractivity contribution in [1.29, 1.82) is 5.26 Å². The Hall–Kier alpha value is -1.04. The summed E-state index contributed by atoms with van der Waals surface area (Å²) >= 11 is 8.28. The first-order valence-electron chi connectivity index (χ1n) is 4.76. The van der Waals surface area contributed by atoms with Gasteiger partial charge in [-0.25, -0.2) is 4.99 Å². The molecule has 0 atom stereocenters. The van der Waals surface area contributed by atoms with Gasteiger partial charge in [0.1, 0.15) is 0 Å². The number of benzene rings is 1. The maximum atomic E-state index is 8.64. The van der Waals surface area contributed by atoms with E-state index in [2.05, 4.69) is 52.4 Å². The molecule has 5 nitrogen and oxygen atoms in total. The Morgan fingerprint density at radius 1 is 1.56 bits per heavy atom. The summed E-state index contributed by atoms with van der Waals surface area (Å²) in [5.41, 5.74) is 1.60. The fourth-order valence-corrected chi connectivity index (χ4v) is 3.12. The largest absolute Gasteiger partial charge is 0.277 e. The summed E-state index contributed by atoms with van der Waals surface area (Å²) in [6.07, 6.45) is 5.41. The van der Waals surface area contributed by atoms with Gasteiger partial charge in [0.2, 0.25) is 0 Å². The zero-order valence-corrected chi connectivity index (χ0v) is 13.1. The molecule has 0 amide bonds. The van der Waals surface area contributed by atoms with E-state index in [0.717, 1.165) is 25.5 Å². The molecule has 1 aromatic carbocycles. The van der Waals surface area contributed by atoms with Crippen molar-refractivity contribution in [2.45, 2.75) is 0 Å². The second kappa shape index (κ2) is 5.73. The second-order valence-electron chi connectivity index (χ2n) is 3.21. The molecule has 0 aliphatic carbocycles. The minimum Gasteiger partial charge on any atom is -0.277 e. The molecule has 0 spiro atoms. The van der Waals surface area contributed by atoms with Crippen LogP contribution < -0.4 is 5.32 Å². The van der Waals surface area contributed by atoms with Gasteiger partial charge < -0.3 is 0 Å². The van der Waals surface area contributed by atoms with Gasteiger partial charge in [-0.05, 0) is 44.2 Å². The van der Waals surface area contributed by atoms with E-state index in [1.165, 1.54) is 11.8 Å². The Balaban J connectivity index is 2.64. The van der Waals surface area contributed by atoms with Gasteiger partial charge in [0.15, 0.2) is 11.4 Å². The number of aliphatic imine (C=N–C) groups is 1. The van der Waals surface area contributed by atoms with Crippen LogP contribution in [0, 0.1) is 11.5 Å². The van der Waals surface area contributed by atoms with E-state index >= 15 is 0 Å². The third-order valence-corrected chi connectivity index (χ3v) is 3.99. The van der Waals surface area contributed by atoms with Crippen LogP contribution in [0.2, 0.25) is 0 Å². The maximum Gasteiger partial charge on any atom is 0.183 e. The minimum atomic E-state index is 0.531. The van der Waals surface area contributed by atoms with E-state index in [-0.39, 0.29) is 0 Å². The lowest BCUT2D eigenvalue weighted by Crippen LogP contribution is -2.12. The number of nitriles is 1. The molecule has 0 radical (unpaired) electrons. The van der Waals surface area contributed by atoms with Crippen LogP contribution in [-0.2, 0) is 0 Å². The van der Waals surface area contributed by atoms with Gasteiger partial charge in [-0.3, -0.25) is 10.4 Å². The van der Waals surface area contributed by atoms with Crippen LogP contribution in [0.3, 0.4) is 0 Å². The van der Waals surface area contributed by atoms with Crippen LogP contribution in [0.15, 0.2) is 26.2 Å². The monoisotopic (exact) mass is 387 g/mol. The molecule has 1 aromatic heterocycles. The Labute approximate surface area is 124 Å². The summed E-state index contributed by atoms with van der Waals surface area (Å²) in [6.45, 7) is 0. The van der Waals surface area contributed by atoms with E-state index < -0.39 is 0 Å². The first-order chi connectivity index (χ1) is 8.67. The first kappa shape index (κ1) is 13.4. The average molecular weight is 389 g/mol. The van der Waals surface area contributed by atoms with Crippen LogP contribution in [-0.4, -0.2) is 21.6 Å². The first-order valence-corrected chi connectivity index (χ1v) is 7.57. The van der Waals surface area contributed by atoms with Crippen molar-refractivity contribution in [2.75, 3.05) is 6.26 Å². The van der Waals surface area contributed by atoms with E-state index in [4.69, 9.17) is 5.26 Å². The quantitative estimate of drug-likeness (QED) is 0.339. The third kappa shape index (κ3) is 2.53. The number of aromatic nitrogens is 2. The number of hydrogen-bond acceptors (Lipinski definition) is 4. The molecule has 0 saturated heterocycles. The lowest BCUT2D eigenvalue weighted by molar-refractivity contribution is 1.12. The standard InChI is InChI=1S/C10H7Br2N5S/c1-18-10(14-4-13)16-8-5-3-15-17-9(5)7(12)2-6(8)11/h2-3H,1H3,(H,14,16)(H,15,17). The number of H-pyrrole nitrogens is 1. The Kier molecular flexibility index (Phi) is 4.27. The van der Waals surface area contributed by atoms with Crippen molar-refractivity contribution in [2.24, 2.45) is 4.99 Å². The predicted molar refractivity (Wildman–Crippen MR) is 80.9 cm³/mol. The van der Waals surface area contributed by atoms with Crippen molar-refractivity contribution in [3.8, 4) is 6.19 Å². The van der Waals surface area contributed by atoms with Gasteiger partial charge in [-0.2, -0.15) is 10.4 Å². The Morgan fingerprint density at radius 3 is 3.00 bits per heavy atom. The summed E-state index contributed by atoms with van der Waals surface area (Å²) in [6, 6.07) is 1.89. The van der Waals surface area contributed by atoms with Crippen molar-refractivity contribution in [3.05, 3.63) is 21.2 Å². The van der Waals surface area contributed by atoms with Crippen LogP contribution >= 0.6 is 43.6 Å². The van der Waals surface area contributed by atoms with Gasteiger partial charge in [0, 0.05) is 14.3 Å². The normalized spacial score (nSPS) is 11.6. The number of fused-ring (bicyclic) bond motifs is 1. The van der Waals surface area contributed by atoms with Crippen molar-refractivity contribution < 1.29 is 0 Å². The van der Waals surface area contributed by atoms with Crippen molar-refractivity contribution in [1.82, 2.24) is 15.5 Å². The summed E-state index contributed by atoms with van der Waals surface area (Å²) in [4.78, 5) is 4.43. The molecule has 0 saturated carbocycles. The van der Waals surface area contributed by atoms with Crippen LogP contribution in [0.5, 0.6) is 0 Å². The molecule has 2 N–H and O–H groups in total. The van der Waals surface area contributed by atoms with Gasteiger partial charge in [0.05, 0.1) is 17.4 Å². The number of amidine groups is 1. The molecule has 0 fully saturated rings. The zero-order valence-electron chi connectivity index (χ0n) is 9.16. The van der Waals surface area contributed by atoms with Crippen LogP contribution in [0.1, 0.15) is 0 Å². The maximum absolute atomic E-state index is 8.64. The molecule has 18 heavy (non-hydrogen) atoms. The molecule has 0 aliphatic rings. The molecule has 0 aliphatic heterocycles. The highest BCUT2D eigenvalue weighted by Crippen LogP contribution is 2.37. The lowest BCUT2D eigenvalue weighted by atomic mass is 10.2. The highest BCUT2D eigenvalue weighted by molar-refractivity contribution is 9.11. The number of nitrogens with zero attached hydrogens (tertiary/aromatic N) is 3. The van der Waals surface area contributed by atoms with Crippen LogP contribution in [0.4, 0.5) is 5.69 Å². The number of halogens is 2. The van der Waals surface area contributed by atoms with E-state index in [1.54, 1.807) is 6.20 Å². The number of nitrogens with one attached hydrogen (secondary N) is 2.